The lowest BCUT2D eigenvalue weighted by atomic mass is 10.4. The molecule has 118 valence electrons. The van der Waals surface area contributed by atoms with Gasteiger partial charge in [0.15, 0.2) is 5.96 Å². The van der Waals surface area contributed by atoms with Crippen molar-refractivity contribution in [2.45, 2.75) is 19.9 Å². The zero-order chi connectivity index (χ0) is 15.1. The molecule has 2 N–H and O–H groups in total. The van der Waals surface area contributed by atoms with E-state index in [0.717, 1.165) is 18.7 Å². The summed E-state index contributed by atoms with van der Waals surface area (Å²) in [4.78, 5) is 4.39. The number of hydrogen-bond acceptors (Lipinski definition) is 4. The molecule has 1 aliphatic heterocycles. The van der Waals surface area contributed by atoms with Crippen molar-refractivity contribution in [1.82, 2.24) is 14.9 Å². The van der Waals surface area contributed by atoms with Crippen LogP contribution in [0.15, 0.2) is 27.8 Å². The van der Waals surface area contributed by atoms with Gasteiger partial charge in [-0.25, -0.2) is 17.7 Å². The fourth-order valence-corrected chi connectivity index (χ4v) is 3.67. The summed E-state index contributed by atoms with van der Waals surface area (Å²) in [5, 5.41) is 6.26. The van der Waals surface area contributed by atoms with E-state index in [4.69, 9.17) is 4.42 Å². The molecule has 0 aliphatic carbocycles. The first-order valence-electron chi connectivity index (χ1n) is 7.14. The van der Waals surface area contributed by atoms with Crippen LogP contribution in [0.25, 0.3) is 0 Å². The summed E-state index contributed by atoms with van der Waals surface area (Å²) < 4.78 is 30.1. The summed E-state index contributed by atoms with van der Waals surface area (Å²) in [6, 6.07) is 3.69. The van der Waals surface area contributed by atoms with Crippen molar-refractivity contribution in [2.75, 3.05) is 31.9 Å². The second-order valence-corrected chi connectivity index (χ2v) is 6.86. The van der Waals surface area contributed by atoms with Gasteiger partial charge in [0.05, 0.1) is 12.0 Å². The Morgan fingerprint density at radius 2 is 2.33 bits per heavy atom. The van der Waals surface area contributed by atoms with Crippen LogP contribution in [-0.4, -0.2) is 50.6 Å². The minimum atomic E-state index is -3.03. The van der Waals surface area contributed by atoms with Gasteiger partial charge in [0.1, 0.15) is 12.3 Å². The van der Waals surface area contributed by atoms with Crippen LogP contribution in [0.1, 0.15) is 19.1 Å². The Labute approximate surface area is 125 Å². The van der Waals surface area contributed by atoms with Gasteiger partial charge in [-0.15, -0.1) is 0 Å². The lowest BCUT2D eigenvalue weighted by molar-refractivity contribution is 0.445. The molecule has 2 rings (SSSR count). The van der Waals surface area contributed by atoms with Gasteiger partial charge in [0.25, 0.3) is 0 Å². The van der Waals surface area contributed by atoms with Crippen LogP contribution in [0.4, 0.5) is 0 Å². The van der Waals surface area contributed by atoms with Crippen molar-refractivity contribution >= 4 is 16.0 Å². The molecule has 0 spiro atoms. The fourth-order valence-electron chi connectivity index (χ4n) is 2.14. The SMILES string of the molecule is CCNC(=NCc1ccco1)NCCN1CCCS1(=O)=O. The molecule has 1 aromatic heterocycles. The standard InChI is InChI=1S/C13H22N4O3S/c1-2-14-13(16-11-12-5-3-9-20-12)15-6-8-17-7-4-10-21(17,18)19/h3,5,9H,2,4,6-8,10-11H2,1H3,(H2,14,15,16). The van der Waals surface area contributed by atoms with E-state index >= 15 is 0 Å². The maximum absolute atomic E-state index is 11.7. The predicted octanol–water partition coefficient (Wildman–Crippen LogP) is 0.370. The highest BCUT2D eigenvalue weighted by atomic mass is 32.2. The first-order chi connectivity index (χ1) is 10.1. The third kappa shape index (κ3) is 4.75. The molecule has 0 atom stereocenters. The molecule has 21 heavy (non-hydrogen) atoms. The number of nitrogens with zero attached hydrogens (tertiary/aromatic N) is 2. The van der Waals surface area contributed by atoms with Crippen molar-refractivity contribution in [3.8, 4) is 0 Å². The molecule has 0 bridgehead atoms. The van der Waals surface area contributed by atoms with Crippen LogP contribution in [0.5, 0.6) is 0 Å². The number of rotatable bonds is 6. The van der Waals surface area contributed by atoms with E-state index in [1.807, 2.05) is 19.1 Å². The van der Waals surface area contributed by atoms with Gasteiger partial charge in [-0.2, -0.15) is 0 Å². The van der Waals surface area contributed by atoms with E-state index in [1.54, 1.807) is 6.26 Å². The Bertz CT molecular complexity index is 554. The van der Waals surface area contributed by atoms with E-state index in [2.05, 4.69) is 15.6 Å². The minimum absolute atomic E-state index is 0.264. The summed E-state index contributed by atoms with van der Waals surface area (Å²) >= 11 is 0. The average molecular weight is 314 g/mol. The Hall–Kier alpha value is -1.54. The number of nitrogens with one attached hydrogen (secondary N) is 2. The Balaban J connectivity index is 1.81. The molecule has 1 aromatic rings. The maximum Gasteiger partial charge on any atom is 0.214 e. The highest BCUT2D eigenvalue weighted by Gasteiger charge is 2.27. The predicted molar refractivity (Wildman–Crippen MR) is 81.5 cm³/mol. The van der Waals surface area contributed by atoms with E-state index < -0.39 is 10.0 Å². The highest BCUT2D eigenvalue weighted by Crippen LogP contribution is 2.11. The Morgan fingerprint density at radius 1 is 1.48 bits per heavy atom. The normalized spacial score (nSPS) is 18.8. The topological polar surface area (TPSA) is 86.9 Å². The van der Waals surface area contributed by atoms with Gasteiger partial charge in [-0.05, 0) is 25.5 Å². The first-order valence-corrected chi connectivity index (χ1v) is 8.75. The molecule has 7 nitrogen and oxygen atoms in total. The van der Waals surface area contributed by atoms with Crippen molar-refractivity contribution in [1.29, 1.82) is 0 Å². The first kappa shape index (κ1) is 15.8. The summed E-state index contributed by atoms with van der Waals surface area (Å²) in [7, 11) is -3.03. The van der Waals surface area contributed by atoms with Crippen LogP contribution in [0, 0.1) is 0 Å². The molecule has 8 heteroatoms. The van der Waals surface area contributed by atoms with Gasteiger partial charge in [-0.3, -0.25) is 0 Å². The van der Waals surface area contributed by atoms with E-state index in [1.165, 1.54) is 4.31 Å². The van der Waals surface area contributed by atoms with Crippen LogP contribution < -0.4 is 10.6 Å². The van der Waals surface area contributed by atoms with Gasteiger partial charge in [0, 0.05) is 26.2 Å². The summed E-state index contributed by atoms with van der Waals surface area (Å²) in [5.74, 6) is 1.71. The zero-order valence-electron chi connectivity index (χ0n) is 12.2. The molecule has 1 saturated heterocycles. The van der Waals surface area contributed by atoms with Crippen LogP contribution in [0.3, 0.4) is 0 Å². The smallest absolute Gasteiger partial charge is 0.214 e. The molecule has 0 aromatic carbocycles. The van der Waals surface area contributed by atoms with Crippen LogP contribution >= 0.6 is 0 Å². The molecule has 0 amide bonds. The third-order valence-electron chi connectivity index (χ3n) is 3.17. The zero-order valence-corrected chi connectivity index (χ0v) is 13.0. The summed E-state index contributed by atoms with van der Waals surface area (Å²) in [5.41, 5.74) is 0. The van der Waals surface area contributed by atoms with Crippen LogP contribution in [0.2, 0.25) is 0 Å². The number of hydrogen-bond donors (Lipinski definition) is 2. The maximum atomic E-state index is 11.7. The lowest BCUT2D eigenvalue weighted by Crippen LogP contribution is -2.42. The van der Waals surface area contributed by atoms with Crippen molar-refractivity contribution in [3.63, 3.8) is 0 Å². The van der Waals surface area contributed by atoms with Crippen LogP contribution in [-0.2, 0) is 16.6 Å². The Morgan fingerprint density at radius 3 is 2.95 bits per heavy atom. The fraction of sp³-hybridized carbons (Fsp3) is 0.615. The highest BCUT2D eigenvalue weighted by molar-refractivity contribution is 7.89. The Kier molecular flexibility index (Phi) is 5.63. The van der Waals surface area contributed by atoms with Crippen molar-refractivity contribution in [3.05, 3.63) is 24.2 Å². The molecule has 0 saturated carbocycles. The number of furan rings is 1. The molecule has 0 unspecified atom stereocenters. The van der Waals surface area contributed by atoms with E-state index in [-0.39, 0.29) is 5.75 Å². The molecular weight excluding hydrogens is 292 g/mol. The number of guanidine groups is 1. The molecular formula is C13H22N4O3S. The quantitative estimate of drug-likeness (QED) is 0.585. The average Bonchev–Trinajstić information content (AvgIpc) is 3.06. The number of aliphatic imine (C=N–C) groups is 1. The van der Waals surface area contributed by atoms with Crippen molar-refractivity contribution < 1.29 is 12.8 Å². The molecule has 1 aliphatic rings. The van der Waals surface area contributed by atoms with Gasteiger partial charge < -0.3 is 15.1 Å². The van der Waals surface area contributed by atoms with Gasteiger partial charge >= 0.3 is 0 Å². The third-order valence-corrected chi connectivity index (χ3v) is 5.13. The largest absolute Gasteiger partial charge is 0.467 e. The second kappa shape index (κ2) is 7.46. The van der Waals surface area contributed by atoms with Gasteiger partial charge in [0.2, 0.25) is 10.0 Å². The van der Waals surface area contributed by atoms with Gasteiger partial charge in [-0.1, -0.05) is 0 Å². The molecule has 2 heterocycles. The minimum Gasteiger partial charge on any atom is -0.467 e. The number of sulfonamides is 1. The molecule has 0 radical (unpaired) electrons. The summed E-state index contributed by atoms with van der Waals surface area (Å²) in [6.45, 7) is 4.78. The molecule has 1 fully saturated rings. The van der Waals surface area contributed by atoms with Crippen molar-refractivity contribution in [2.24, 2.45) is 4.99 Å². The lowest BCUT2D eigenvalue weighted by Gasteiger charge is -2.16. The second-order valence-electron chi connectivity index (χ2n) is 4.77. The monoisotopic (exact) mass is 314 g/mol. The van der Waals surface area contributed by atoms with E-state index in [9.17, 15) is 8.42 Å². The van der Waals surface area contributed by atoms with E-state index in [0.29, 0.717) is 32.1 Å². The summed E-state index contributed by atoms with van der Waals surface area (Å²) in [6.07, 6.45) is 2.33.